The second-order valence-electron chi connectivity index (χ2n) is 10.1. The standard InChI is InChI=1S/C26H39N7O6/c1-37-23(34)7-15-38-14-3-11-31-10-2-4-20(31)18-39-25-29-22-16-28-9-6-21(22)24(30-25)32-12-13-33(26(35)36)19(17-32)5-8-27/h19-20,28H,2-7,9-18H2,1H3,(H,35,36). The summed E-state index contributed by atoms with van der Waals surface area (Å²) < 4.78 is 16.4. The normalized spacial score (nSPS) is 21.3. The van der Waals surface area contributed by atoms with E-state index < -0.39 is 12.1 Å². The molecule has 13 heteroatoms. The van der Waals surface area contributed by atoms with Gasteiger partial charge in [-0.15, -0.1) is 0 Å². The number of piperazine rings is 1. The van der Waals surface area contributed by atoms with E-state index in [1.54, 1.807) is 0 Å². The number of nitrogens with one attached hydrogen (secondary N) is 1. The average molecular weight is 546 g/mol. The number of likely N-dealkylation sites (tertiary alicyclic amines) is 1. The molecule has 0 radical (unpaired) electrons. The minimum atomic E-state index is -0.998. The van der Waals surface area contributed by atoms with Gasteiger partial charge >= 0.3 is 18.1 Å². The largest absolute Gasteiger partial charge is 0.469 e. The predicted molar refractivity (Wildman–Crippen MR) is 141 cm³/mol. The molecule has 1 aromatic heterocycles. The van der Waals surface area contributed by atoms with Gasteiger partial charge in [0.25, 0.3) is 0 Å². The van der Waals surface area contributed by atoms with E-state index >= 15 is 0 Å². The van der Waals surface area contributed by atoms with Gasteiger partial charge in [0.05, 0.1) is 44.4 Å². The van der Waals surface area contributed by atoms with Crippen molar-refractivity contribution in [1.82, 2.24) is 25.1 Å². The van der Waals surface area contributed by atoms with Crippen LogP contribution in [-0.2, 0) is 27.2 Å². The van der Waals surface area contributed by atoms with Crippen molar-refractivity contribution in [2.75, 3.05) is 71.1 Å². The van der Waals surface area contributed by atoms with Crippen LogP contribution in [0.3, 0.4) is 0 Å². The smallest absolute Gasteiger partial charge is 0.407 e. The van der Waals surface area contributed by atoms with E-state index in [0.29, 0.717) is 52.0 Å². The third-order valence-electron chi connectivity index (χ3n) is 7.57. The summed E-state index contributed by atoms with van der Waals surface area (Å²) >= 11 is 0. The van der Waals surface area contributed by atoms with Crippen LogP contribution in [0.4, 0.5) is 10.6 Å². The van der Waals surface area contributed by atoms with Crippen LogP contribution in [0.5, 0.6) is 6.01 Å². The van der Waals surface area contributed by atoms with Gasteiger partial charge in [-0.2, -0.15) is 15.2 Å². The lowest BCUT2D eigenvalue weighted by Crippen LogP contribution is -2.55. The van der Waals surface area contributed by atoms with E-state index in [1.807, 2.05) is 0 Å². The topological polar surface area (TPSA) is 153 Å². The molecular weight excluding hydrogens is 506 g/mol. The number of ether oxygens (including phenoxy) is 3. The third-order valence-corrected chi connectivity index (χ3v) is 7.57. The molecule has 3 aliphatic heterocycles. The van der Waals surface area contributed by atoms with Crippen molar-refractivity contribution >= 4 is 17.9 Å². The maximum atomic E-state index is 11.7. The molecule has 4 heterocycles. The number of esters is 1. The summed E-state index contributed by atoms with van der Waals surface area (Å²) in [7, 11) is 1.37. The highest BCUT2D eigenvalue weighted by molar-refractivity contribution is 5.69. The van der Waals surface area contributed by atoms with Gasteiger partial charge < -0.3 is 34.4 Å². The van der Waals surface area contributed by atoms with E-state index in [-0.39, 0.29) is 24.9 Å². The molecule has 2 unspecified atom stereocenters. The molecular formula is C26H39N7O6. The summed E-state index contributed by atoms with van der Waals surface area (Å²) in [5.74, 6) is 0.524. The SMILES string of the molecule is COC(=O)CCOCCCN1CCCC1COc1nc2c(c(N3CCN(C(=O)O)C(CC#N)C3)n1)CCNC2. The minimum Gasteiger partial charge on any atom is -0.469 e. The van der Waals surface area contributed by atoms with Crippen LogP contribution in [0, 0.1) is 11.3 Å². The second-order valence-corrected chi connectivity index (χ2v) is 10.1. The number of hydrogen-bond donors (Lipinski definition) is 2. The maximum Gasteiger partial charge on any atom is 0.407 e. The zero-order valence-corrected chi connectivity index (χ0v) is 22.6. The average Bonchev–Trinajstić information content (AvgIpc) is 3.40. The predicted octanol–water partition coefficient (Wildman–Crippen LogP) is 1.02. The summed E-state index contributed by atoms with van der Waals surface area (Å²) in [6.07, 6.45) is 3.20. The first-order chi connectivity index (χ1) is 19.0. The molecule has 0 saturated carbocycles. The lowest BCUT2D eigenvalue weighted by molar-refractivity contribution is -0.141. The Morgan fingerprint density at radius 2 is 2.08 bits per heavy atom. The van der Waals surface area contributed by atoms with Crippen molar-refractivity contribution in [3.63, 3.8) is 0 Å². The number of nitrogens with zero attached hydrogens (tertiary/aromatic N) is 6. The van der Waals surface area contributed by atoms with Gasteiger partial charge in [0.15, 0.2) is 0 Å². The number of anilines is 1. The number of nitriles is 1. The van der Waals surface area contributed by atoms with Crippen molar-refractivity contribution in [3.05, 3.63) is 11.3 Å². The Labute approximate surface area is 229 Å². The molecule has 2 fully saturated rings. The molecule has 1 aromatic rings. The number of hydrogen-bond acceptors (Lipinski definition) is 11. The second kappa shape index (κ2) is 14.3. The Morgan fingerprint density at radius 3 is 2.87 bits per heavy atom. The Kier molecular flexibility index (Phi) is 10.5. The molecule has 0 bridgehead atoms. The number of carbonyl (C=O) groups is 2. The fraction of sp³-hybridized carbons (Fsp3) is 0.731. The van der Waals surface area contributed by atoms with E-state index in [0.717, 1.165) is 62.4 Å². The van der Waals surface area contributed by atoms with Crippen LogP contribution in [0.2, 0.25) is 0 Å². The molecule has 2 N–H and O–H groups in total. The van der Waals surface area contributed by atoms with Gasteiger partial charge in [-0.05, 0) is 38.8 Å². The molecule has 4 rings (SSSR count). The quantitative estimate of drug-likeness (QED) is 0.285. The van der Waals surface area contributed by atoms with Crippen molar-refractivity contribution in [1.29, 1.82) is 5.26 Å². The number of methoxy groups -OCH3 is 1. The summed E-state index contributed by atoms with van der Waals surface area (Å²) in [4.78, 5) is 38.2. The van der Waals surface area contributed by atoms with Crippen LogP contribution in [0.1, 0.15) is 43.4 Å². The van der Waals surface area contributed by atoms with Crippen molar-refractivity contribution < 1.29 is 28.9 Å². The van der Waals surface area contributed by atoms with Gasteiger partial charge in [-0.1, -0.05) is 0 Å². The van der Waals surface area contributed by atoms with E-state index in [2.05, 4.69) is 25.9 Å². The first-order valence-electron chi connectivity index (χ1n) is 13.7. The molecule has 1 amide bonds. The number of fused-ring (bicyclic) bond motifs is 1. The summed E-state index contributed by atoms with van der Waals surface area (Å²) in [6.45, 7) is 6.02. The highest BCUT2D eigenvalue weighted by Gasteiger charge is 2.33. The molecule has 13 nitrogen and oxygen atoms in total. The molecule has 2 atom stereocenters. The first kappa shape index (κ1) is 28.8. The van der Waals surface area contributed by atoms with Gasteiger partial charge in [0.2, 0.25) is 0 Å². The van der Waals surface area contributed by atoms with Crippen molar-refractivity contribution in [3.8, 4) is 12.1 Å². The van der Waals surface area contributed by atoms with Gasteiger partial charge in [0.1, 0.15) is 12.4 Å². The summed E-state index contributed by atoms with van der Waals surface area (Å²) in [5, 5.41) is 22.2. The molecule has 214 valence electrons. The fourth-order valence-electron chi connectivity index (χ4n) is 5.50. The van der Waals surface area contributed by atoms with E-state index in [1.165, 1.54) is 12.0 Å². The fourth-order valence-corrected chi connectivity index (χ4v) is 5.50. The van der Waals surface area contributed by atoms with Crippen molar-refractivity contribution in [2.24, 2.45) is 0 Å². The number of amides is 1. The molecule has 0 aromatic carbocycles. The van der Waals surface area contributed by atoms with Crippen molar-refractivity contribution in [2.45, 2.75) is 57.2 Å². The Morgan fingerprint density at radius 1 is 1.21 bits per heavy atom. The van der Waals surface area contributed by atoms with Gasteiger partial charge in [-0.3, -0.25) is 9.69 Å². The van der Waals surface area contributed by atoms with E-state index in [9.17, 15) is 20.0 Å². The molecule has 3 aliphatic rings. The Balaban J connectivity index is 1.36. The van der Waals surface area contributed by atoms with Gasteiger partial charge in [0, 0.05) is 50.9 Å². The number of carboxylic acid groups (broad SMARTS) is 1. The lowest BCUT2D eigenvalue weighted by Gasteiger charge is -2.40. The van der Waals surface area contributed by atoms with Crippen LogP contribution in [0.25, 0.3) is 0 Å². The highest BCUT2D eigenvalue weighted by Crippen LogP contribution is 2.29. The Hall–Kier alpha value is -3.21. The maximum absolute atomic E-state index is 11.7. The summed E-state index contributed by atoms with van der Waals surface area (Å²) in [5.41, 5.74) is 1.97. The number of aromatic nitrogens is 2. The molecule has 0 aliphatic carbocycles. The molecule has 2 saturated heterocycles. The zero-order chi connectivity index (χ0) is 27.6. The number of rotatable bonds is 12. The van der Waals surface area contributed by atoms with E-state index in [4.69, 9.17) is 19.4 Å². The monoisotopic (exact) mass is 545 g/mol. The zero-order valence-electron chi connectivity index (χ0n) is 22.6. The number of carbonyl (C=O) groups excluding carboxylic acids is 1. The first-order valence-corrected chi connectivity index (χ1v) is 13.7. The van der Waals surface area contributed by atoms with Crippen LogP contribution >= 0.6 is 0 Å². The van der Waals surface area contributed by atoms with Crippen LogP contribution < -0.4 is 15.0 Å². The molecule has 39 heavy (non-hydrogen) atoms. The minimum absolute atomic E-state index is 0.134. The van der Waals surface area contributed by atoms with Gasteiger partial charge in [-0.25, -0.2) is 4.79 Å². The van der Waals surface area contributed by atoms with Crippen LogP contribution in [0.15, 0.2) is 0 Å². The third kappa shape index (κ3) is 7.68. The Bertz CT molecular complexity index is 1030. The molecule has 0 spiro atoms. The summed E-state index contributed by atoms with van der Waals surface area (Å²) in [6, 6.07) is 2.32. The highest BCUT2D eigenvalue weighted by atomic mass is 16.5. The van der Waals surface area contributed by atoms with Crippen LogP contribution in [-0.4, -0.2) is 115 Å². The lowest BCUT2D eigenvalue weighted by atomic mass is 10.0.